The Balaban J connectivity index is 1.37. The van der Waals surface area contributed by atoms with Crippen LogP contribution in [0.1, 0.15) is 0 Å². The maximum Gasteiger partial charge on any atom is 0.263 e. The summed E-state index contributed by atoms with van der Waals surface area (Å²) in [4.78, 5) is 53.6. The van der Waals surface area contributed by atoms with Gasteiger partial charge in [0.2, 0.25) is 5.88 Å². The van der Waals surface area contributed by atoms with E-state index in [1.54, 1.807) is 18.2 Å². The van der Waals surface area contributed by atoms with E-state index in [1.807, 2.05) is 0 Å². The summed E-state index contributed by atoms with van der Waals surface area (Å²) in [5, 5.41) is 13.4. The van der Waals surface area contributed by atoms with Crippen molar-refractivity contribution in [1.82, 2.24) is 23.8 Å². The predicted molar refractivity (Wildman–Crippen MR) is 169 cm³/mol. The molecule has 1 N–H and O–H groups in total. The van der Waals surface area contributed by atoms with Crippen molar-refractivity contribution >= 4 is 21.5 Å². The predicted octanol–water partition coefficient (Wildman–Crippen LogP) is -0.740. The molecule has 3 fully saturated rings. The lowest BCUT2D eigenvalue weighted by molar-refractivity contribution is 0.0360. The highest BCUT2D eigenvalue weighted by Crippen LogP contribution is 2.36. The third-order valence-corrected chi connectivity index (χ3v) is 9.46. The van der Waals surface area contributed by atoms with E-state index in [0.29, 0.717) is 104 Å². The summed E-state index contributed by atoms with van der Waals surface area (Å²) in [5.74, 6) is -0.168. The third-order valence-electron chi connectivity index (χ3n) is 9.46. The summed E-state index contributed by atoms with van der Waals surface area (Å²) in [6.45, 7) is 11.3. The number of nitrogens with zero attached hydrogens (tertiary/aromatic N) is 6. The molecule has 3 saturated heterocycles. The number of benzene rings is 2. The summed E-state index contributed by atoms with van der Waals surface area (Å²) in [5.41, 5.74) is -0.427. The van der Waals surface area contributed by atoms with Gasteiger partial charge in [0.05, 0.1) is 62.5 Å². The number of aromatic nitrogens is 2. The Kier molecular flexibility index (Phi) is 8.80. The van der Waals surface area contributed by atoms with Crippen LogP contribution < -0.4 is 22.0 Å². The van der Waals surface area contributed by atoms with Crippen LogP contribution >= 0.6 is 0 Å². The Morgan fingerprint density at radius 3 is 1.76 bits per heavy atom. The second-order valence-corrected chi connectivity index (χ2v) is 12.0. The Morgan fingerprint density at radius 2 is 1.16 bits per heavy atom. The molecule has 0 bridgehead atoms. The van der Waals surface area contributed by atoms with Crippen molar-refractivity contribution < 1.29 is 19.3 Å². The van der Waals surface area contributed by atoms with E-state index < -0.39 is 11.1 Å². The number of pyridine rings is 2. The van der Waals surface area contributed by atoms with Crippen molar-refractivity contribution in [2.75, 3.05) is 105 Å². The van der Waals surface area contributed by atoms with Crippen molar-refractivity contribution in [3.8, 4) is 17.0 Å². The number of ether oxygens (including phenoxy) is 3. The molecule has 0 atom stereocenters. The molecule has 5 heterocycles. The Bertz CT molecular complexity index is 1860. The molecule has 0 radical (unpaired) electrons. The maximum atomic E-state index is 14.2. The van der Waals surface area contributed by atoms with E-state index in [2.05, 4.69) is 14.7 Å². The van der Waals surface area contributed by atoms with E-state index in [9.17, 15) is 19.5 Å². The number of morpholine rings is 3. The van der Waals surface area contributed by atoms with Crippen molar-refractivity contribution in [2.45, 2.75) is 13.1 Å². The fraction of sp³-hybridized carbons (Fsp3) is 0.562. The topological polar surface area (TPSA) is 131 Å². The summed E-state index contributed by atoms with van der Waals surface area (Å²) in [7, 11) is 0. The molecular formula is C32H40N6O7. The Hall–Kier alpha value is -3.46. The normalized spacial score (nSPS) is 19.9. The number of aromatic hydroxyl groups is 1. The highest BCUT2D eigenvalue weighted by molar-refractivity contribution is 6.15. The van der Waals surface area contributed by atoms with Crippen LogP contribution in [0.25, 0.3) is 32.7 Å². The van der Waals surface area contributed by atoms with E-state index in [1.165, 1.54) is 9.13 Å². The molecule has 13 nitrogen and oxygen atoms in total. The van der Waals surface area contributed by atoms with Crippen molar-refractivity contribution in [2.24, 2.45) is 4.99 Å². The average Bonchev–Trinajstić information content (AvgIpc) is 3.07. The quantitative estimate of drug-likeness (QED) is 0.239. The van der Waals surface area contributed by atoms with Crippen LogP contribution in [0.2, 0.25) is 0 Å². The largest absolute Gasteiger partial charge is 0.494 e. The molecule has 240 valence electrons. The van der Waals surface area contributed by atoms with Crippen LogP contribution in [0.4, 0.5) is 0 Å². The molecule has 1 aliphatic carbocycles. The van der Waals surface area contributed by atoms with Crippen LogP contribution in [0.5, 0.6) is 5.88 Å². The third kappa shape index (κ3) is 5.84. The summed E-state index contributed by atoms with van der Waals surface area (Å²) >= 11 is 0. The Morgan fingerprint density at radius 1 is 0.622 bits per heavy atom. The van der Waals surface area contributed by atoms with Crippen LogP contribution in [0.15, 0.2) is 37.6 Å². The monoisotopic (exact) mass is 620 g/mol. The van der Waals surface area contributed by atoms with Crippen molar-refractivity contribution in [3.05, 3.63) is 54.6 Å². The zero-order valence-electron chi connectivity index (χ0n) is 25.5. The van der Waals surface area contributed by atoms with Gasteiger partial charge in [-0.05, 0) is 18.2 Å². The molecular weight excluding hydrogens is 580 g/mol. The van der Waals surface area contributed by atoms with Gasteiger partial charge >= 0.3 is 0 Å². The first kappa shape index (κ1) is 30.2. The zero-order valence-corrected chi connectivity index (χ0v) is 25.5. The fourth-order valence-corrected chi connectivity index (χ4v) is 6.86. The second-order valence-electron chi connectivity index (χ2n) is 12.0. The van der Waals surface area contributed by atoms with Gasteiger partial charge in [-0.15, -0.1) is 0 Å². The SMILES string of the molecule is O=c1c2c(=NCCN3CCOCC3)cc3c(=O)n(CCN4CCOCC4)c(=O)c4ccc(c(O)n1CCN1CCOCC1)c2c4-3. The van der Waals surface area contributed by atoms with E-state index in [0.717, 1.165) is 39.3 Å². The van der Waals surface area contributed by atoms with Crippen molar-refractivity contribution in [1.29, 1.82) is 0 Å². The lowest BCUT2D eigenvalue weighted by Crippen LogP contribution is -2.43. The standard InChI is InChI=1S/C32H40N6O7/c39-29-22-1-2-23-27-26(22)24(31(41)37(29)7-5-35-11-17-44-18-12-35)21-25(33-3-4-34-9-15-43-16-10-34)28(27)32(42)38(30(23)40)8-6-36-13-19-45-20-14-36/h1-2,21,40H,3-20H2. The van der Waals surface area contributed by atoms with Gasteiger partial charge < -0.3 is 19.3 Å². The van der Waals surface area contributed by atoms with Gasteiger partial charge in [0.1, 0.15) is 0 Å². The van der Waals surface area contributed by atoms with Gasteiger partial charge in [-0.2, -0.15) is 0 Å². The van der Waals surface area contributed by atoms with Crippen LogP contribution in [-0.4, -0.2) is 134 Å². The van der Waals surface area contributed by atoms with Gasteiger partial charge in [0, 0.05) is 93.7 Å². The average molecular weight is 621 g/mol. The van der Waals surface area contributed by atoms with Gasteiger partial charge in [0.15, 0.2) is 0 Å². The minimum atomic E-state index is -0.407. The number of hydrogen-bond acceptors (Lipinski definition) is 11. The lowest BCUT2D eigenvalue weighted by Gasteiger charge is -2.27. The molecule has 0 spiro atoms. The first-order valence-electron chi connectivity index (χ1n) is 16.0. The maximum absolute atomic E-state index is 14.2. The van der Waals surface area contributed by atoms with E-state index >= 15 is 0 Å². The first-order chi connectivity index (χ1) is 22.0. The molecule has 0 unspecified atom stereocenters. The molecule has 0 saturated carbocycles. The van der Waals surface area contributed by atoms with Gasteiger partial charge in [-0.25, -0.2) is 0 Å². The summed E-state index contributed by atoms with van der Waals surface area (Å²) < 4.78 is 19.1. The molecule has 2 aromatic rings. The number of rotatable bonds is 9. The molecule has 5 aliphatic rings. The van der Waals surface area contributed by atoms with Crippen LogP contribution in [-0.2, 0) is 27.3 Å². The zero-order chi connectivity index (χ0) is 30.9. The highest BCUT2D eigenvalue weighted by Gasteiger charge is 2.27. The van der Waals surface area contributed by atoms with E-state index in [4.69, 9.17) is 19.2 Å². The molecule has 1 aromatic carbocycles. The first-order valence-corrected chi connectivity index (χ1v) is 16.0. The highest BCUT2D eigenvalue weighted by atomic mass is 16.5. The smallest absolute Gasteiger partial charge is 0.263 e. The van der Waals surface area contributed by atoms with E-state index in [-0.39, 0.29) is 24.5 Å². The second kappa shape index (κ2) is 13.1. The molecule has 45 heavy (non-hydrogen) atoms. The van der Waals surface area contributed by atoms with Gasteiger partial charge in [-0.1, -0.05) is 0 Å². The van der Waals surface area contributed by atoms with Gasteiger partial charge in [0.25, 0.3) is 16.7 Å². The van der Waals surface area contributed by atoms with Gasteiger partial charge in [-0.3, -0.25) is 43.2 Å². The molecule has 4 aliphatic heterocycles. The fourth-order valence-electron chi connectivity index (χ4n) is 6.86. The molecule has 0 amide bonds. The molecule has 13 heteroatoms. The molecule has 7 rings (SSSR count). The lowest BCUT2D eigenvalue weighted by atomic mass is 9.90. The minimum absolute atomic E-state index is 0.168. The van der Waals surface area contributed by atoms with Crippen LogP contribution in [0.3, 0.4) is 0 Å². The molecule has 1 aromatic heterocycles. The minimum Gasteiger partial charge on any atom is -0.494 e. The number of hydrogen-bond donors (Lipinski definition) is 1. The summed E-state index contributed by atoms with van der Waals surface area (Å²) in [6.07, 6.45) is 0. The summed E-state index contributed by atoms with van der Waals surface area (Å²) in [6, 6.07) is 5.05. The van der Waals surface area contributed by atoms with Crippen LogP contribution in [0, 0.1) is 0 Å². The van der Waals surface area contributed by atoms with Crippen molar-refractivity contribution in [3.63, 3.8) is 0 Å². The Labute approximate surface area is 259 Å².